The summed E-state index contributed by atoms with van der Waals surface area (Å²) in [5.41, 5.74) is 1.50. The normalized spacial score (nSPS) is 11.1. The van der Waals surface area contributed by atoms with Crippen molar-refractivity contribution in [3.63, 3.8) is 0 Å². The number of carbonyl (C=O) groups is 1. The molecule has 0 amide bonds. The number of carboxylic acid groups (broad SMARTS) is 1. The number of aromatic nitrogens is 4. The maximum absolute atomic E-state index is 13.1. The zero-order chi connectivity index (χ0) is 15.5. The van der Waals surface area contributed by atoms with E-state index in [9.17, 15) is 9.18 Å². The molecule has 0 aliphatic carbocycles. The molecule has 1 aromatic carbocycles. The number of hydrogen-bond donors (Lipinski definition) is 2. The quantitative estimate of drug-likeness (QED) is 0.722. The number of H-pyrrole nitrogens is 1. The molecule has 3 rings (SSSR count). The average Bonchev–Trinajstić information content (AvgIpc) is 3.15. The number of tetrazole rings is 1. The van der Waals surface area contributed by atoms with Crippen molar-refractivity contribution in [2.75, 3.05) is 0 Å². The maximum atomic E-state index is 13.1. The van der Waals surface area contributed by atoms with Gasteiger partial charge in [-0.2, -0.15) is 5.21 Å². The molecule has 2 N–H and O–H groups in total. The third kappa shape index (κ3) is 2.91. The first-order valence-electron chi connectivity index (χ1n) is 6.18. The number of hydrogen-bond acceptors (Lipinski definition) is 5. The van der Waals surface area contributed by atoms with Crippen LogP contribution in [0.1, 0.15) is 4.88 Å². The predicted molar refractivity (Wildman–Crippen MR) is 79.6 cm³/mol. The summed E-state index contributed by atoms with van der Waals surface area (Å²) >= 11 is 1.36. The fourth-order valence-corrected chi connectivity index (χ4v) is 2.97. The van der Waals surface area contributed by atoms with Crippen molar-refractivity contribution in [2.45, 2.75) is 0 Å². The Hall–Kier alpha value is -2.87. The number of nitrogens with zero attached hydrogens (tertiary/aromatic N) is 3. The number of carboxylic acids is 1. The second-order valence-electron chi connectivity index (χ2n) is 4.31. The van der Waals surface area contributed by atoms with Gasteiger partial charge in [-0.3, -0.25) is 0 Å². The minimum absolute atomic E-state index is 0.326. The summed E-state index contributed by atoms with van der Waals surface area (Å²) in [6.45, 7) is 0. The summed E-state index contributed by atoms with van der Waals surface area (Å²) in [4.78, 5) is 12.2. The molecule has 2 heterocycles. The van der Waals surface area contributed by atoms with Gasteiger partial charge in [-0.15, -0.1) is 21.5 Å². The molecule has 0 fully saturated rings. The Morgan fingerprint density at radius 1 is 1.32 bits per heavy atom. The Morgan fingerprint density at radius 3 is 2.73 bits per heavy atom. The van der Waals surface area contributed by atoms with Gasteiger partial charge in [0.05, 0.1) is 0 Å². The van der Waals surface area contributed by atoms with Crippen molar-refractivity contribution in [3.05, 3.63) is 47.1 Å². The lowest BCUT2D eigenvalue weighted by molar-refractivity contribution is -0.131. The maximum Gasteiger partial charge on any atom is 0.328 e. The lowest BCUT2D eigenvalue weighted by Crippen LogP contribution is -1.84. The van der Waals surface area contributed by atoms with Crippen LogP contribution in [0.15, 0.2) is 36.4 Å². The monoisotopic (exact) mass is 316 g/mol. The van der Waals surface area contributed by atoms with Crippen LogP contribution in [0.5, 0.6) is 0 Å². The van der Waals surface area contributed by atoms with Crippen LogP contribution < -0.4 is 0 Å². The van der Waals surface area contributed by atoms with Crippen molar-refractivity contribution in [2.24, 2.45) is 0 Å². The molecule has 3 aromatic rings. The highest BCUT2D eigenvalue weighted by molar-refractivity contribution is 7.17. The van der Waals surface area contributed by atoms with Crippen LogP contribution in [-0.4, -0.2) is 31.7 Å². The van der Waals surface area contributed by atoms with Crippen molar-refractivity contribution >= 4 is 23.4 Å². The van der Waals surface area contributed by atoms with E-state index in [2.05, 4.69) is 20.6 Å². The van der Waals surface area contributed by atoms with Crippen LogP contribution in [0.25, 0.3) is 27.9 Å². The minimum Gasteiger partial charge on any atom is -0.478 e. The van der Waals surface area contributed by atoms with E-state index < -0.39 is 5.97 Å². The highest BCUT2D eigenvalue weighted by atomic mass is 32.1. The lowest BCUT2D eigenvalue weighted by Gasteiger charge is -2.00. The third-order valence-electron chi connectivity index (χ3n) is 2.83. The molecular formula is C14H9FN4O2S. The molecule has 0 aliphatic rings. The number of aromatic amines is 1. The van der Waals surface area contributed by atoms with Gasteiger partial charge >= 0.3 is 5.97 Å². The molecule has 2 aromatic heterocycles. The van der Waals surface area contributed by atoms with Crippen molar-refractivity contribution in [1.82, 2.24) is 20.6 Å². The van der Waals surface area contributed by atoms with Crippen LogP contribution in [0.4, 0.5) is 4.39 Å². The summed E-state index contributed by atoms with van der Waals surface area (Å²) in [7, 11) is 0. The molecule has 0 radical (unpaired) electrons. The zero-order valence-corrected chi connectivity index (χ0v) is 11.8. The molecule has 0 bridgehead atoms. The van der Waals surface area contributed by atoms with Gasteiger partial charge in [-0.1, -0.05) is 12.1 Å². The Morgan fingerprint density at radius 2 is 2.09 bits per heavy atom. The number of nitrogens with one attached hydrogen (secondary N) is 1. The third-order valence-corrected chi connectivity index (χ3v) is 3.98. The molecule has 8 heteroatoms. The molecule has 0 saturated carbocycles. The van der Waals surface area contributed by atoms with Gasteiger partial charge in [0.2, 0.25) is 5.82 Å². The predicted octanol–water partition coefficient (Wildman–Crippen LogP) is 2.83. The van der Waals surface area contributed by atoms with Crippen molar-refractivity contribution in [1.29, 1.82) is 0 Å². The van der Waals surface area contributed by atoms with E-state index in [1.54, 1.807) is 18.2 Å². The molecule has 0 atom stereocenters. The summed E-state index contributed by atoms with van der Waals surface area (Å²) in [6.07, 6.45) is 2.55. The van der Waals surface area contributed by atoms with Crippen LogP contribution in [0.3, 0.4) is 0 Å². The molecule has 0 saturated heterocycles. The number of benzene rings is 1. The minimum atomic E-state index is -1.03. The van der Waals surface area contributed by atoms with Gasteiger partial charge in [0.15, 0.2) is 0 Å². The zero-order valence-electron chi connectivity index (χ0n) is 11.0. The van der Waals surface area contributed by atoms with Gasteiger partial charge in [0.1, 0.15) is 5.82 Å². The van der Waals surface area contributed by atoms with E-state index in [0.717, 1.165) is 21.4 Å². The summed E-state index contributed by atoms with van der Waals surface area (Å²) in [6, 6.07) is 7.79. The van der Waals surface area contributed by atoms with Gasteiger partial charge in [0, 0.05) is 21.4 Å². The smallest absolute Gasteiger partial charge is 0.328 e. The Labute approximate surface area is 127 Å². The molecular weight excluding hydrogens is 307 g/mol. The van der Waals surface area contributed by atoms with Gasteiger partial charge in [-0.25, -0.2) is 9.18 Å². The van der Waals surface area contributed by atoms with E-state index in [4.69, 9.17) is 5.11 Å². The largest absolute Gasteiger partial charge is 0.478 e. The Bertz CT molecular complexity index is 825. The van der Waals surface area contributed by atoms with Gasteiger partial charge < -0.3 is 5.11 Å². The van der Waals surface area contributed by atoms with Crippen LogP contribution in [0.2, 0.25) is 0 Å². The first-order valence-corrected chi connectivity index (χ1v) is 7.00. The fraction of sp³-hybridized carbons (Fsp3) is 0. The van der Waals surface area contributed by atoms with Crippen molar-refractivity contribution < 1.29 is 14.3 Å². The van der Waals surface area contributed by atoms with Gasteiger partial charge in [0.25, 0.3) is 0 Å². The molecule has 0 unspecified atom stereocenters. The molecule has 6 nitrogen and oxygen atoms in total. The van der Waals surface area contributed by atoms with E-state index in [-0.39, 0.29) is 5.82 Å². The van der Waals surface area contributed by atoms with E-state index >= 15 is 0 Å². The molecule has 22 heavy (non-hydrogen) atoms. The van der Waals surface area contributed by atoms with E-state index in [1.807, 2.05) is 0 Å². The SMILES string of the molecule is O=C(O)/C=C/c1cc(-c2nn[nH]n2)c(-c2ccc(F)cc2)s1. The number of aliphatic carboxylic acids is 1. The first kappa shape index (κ1) is 14.1. The molecule has 0 aliphatic heterocycles. The standard InChI is InChI=1S/C14H9FN4O2S/c15-9-3-1-8(2-4-9)13-11(14-16-18-19-17-14)7-10(22-13)5-6-12(20)21/h1-7H,(H,20,21)(H,16,17,18,19)/b6-5+. The van der Waals surface area contributed by atoms with E-state index in [1.165, 1.54) is 29.5 Å². The number of halogens is 1. The second kappa shape index (κ2) is 5.86. The summed E-state index contributed by atoms with van der Waals surface area (Å²) in [5, 5.41) is 22.5. The Kier molecular flexibility index (Phi) is 3.75. The van der Waals surface area contributed by atoms with Crippen LogP contribution in [0, 0.1) is 5.82 Å². The molecule has 110 valence electrons. The summed E-state index contributed by atoms with van der Waals surface area (Å²) < 4.78 is 13.1. The van der Waals surface area contributed by atoms with E-state index in [0.29, 0.717) is 11.4 Å². The van der Waals surface area contributed by atoms with Crippen molar-refractivity contribution in [3.8, 4) is 21.8 Å². The summed E-state index contributed by atoms with van der Waals surface area (Å²) in [5.74, 6) is -0.962. The second-order valence-corrected chi connectivity index (χ2v) is 5.39. The van der Waals surface area contributed by atoms with Crippen LogP contribution in [-0.2, 0) is 4.79 Å². The van der Waals surface area contributed by atoms with Crippen LogP contribution >= 0.6 is 11.3 Å². The topological polar surface area (TPSA) is 91.8 Å². The highest BCUT2D eigenvalue weighted by Crippen LogP contribution is 2.38. The average molecular weight is 316 g/mol. The fourth-order valence-electron chi connectivity index (χ4n) is 1.90. The lowest BCUT2D eigenvalue weighted by atomic mass is 10.1. The first-order chi connectivity index (χ1) is 10.6. The number of thiophene rings is 1. The number of rotatable bonds is 4. The van der Waals surface area contributed by atoms with Gasteiger partial charge in [-0.05, 0) is 35.1 Å². The Balaban J connectivity index is 2.10. The molecule has 0 spiro atoms. The highest BCUT2D eigenvalue weighted by Gasteiger charge is 2.15.